The van der Waals surface area contributed by atoms with Gasteiger partial charge in [-0.25, -0.2) is 0 Å². The Bertz CT molecular complexity index is 3140. The largest absolute Gasteiger partial charge is 0.341 e. The summed E-state index contributed by atoms with van der Waals surface area (Å²) < 4.78 is 0. The van der Waals surface area contributed by atoms with Gasteiger partial charge in [0.1, 0.15) is 0 Å². The number of nitrogens with zero attached hydrogens (tertiary/aromatic N) is 2. The fourth-order valence-electron chi connectivity index (χ4n) is 10.6. The molecule has 71 heavy (non-hydrogen) atoms. The molecule has 0 amide bonds. The van der Waals surface area contributed by atoms with Crippen molar-refractivity contribution in [3.8, 4) is 33.4 Å². The van der Waals surface area contributed by atoms with Crippen molar-refractivity contribution in [3.63, 3.8) is 0 Å². The Balaban J connectivity index is 1.17. The van der Waals surface area contributed by atoms with E-state index in [2.05, 4.69) is 299 Å². The summed E-state index contributed by atoms with van der Waals surface area (Å²) in [5.41, 5.74) is 19.2. The lowest BCUT2D eigenvalue weighted by molar-refractivity contribution is 0.744. The first-order valence-corrected chi connectivity index (χ1v) is 25.5. The standard InChI is InChI=1S/C69H66N2/c1-6-10-13-14-25-48-70-61(36-12-8-3)50-56-49-55(42-47-67(56)70)53-40-43-60(44-41-53)71(59(9-4)37-26-29-52(5)28-18-11-7-2)62-45-46-64-66(51-62)69(57-32-21-16-22-33-57,58-34-23-17-24-35-58)65-39-27-38-63(68(64)65)54-30-19-15-20-31-54/h7-28,30-47,49,51-52H,6,29,48,50H2,1-5H3/b11-7-,12-8-,13-10-,25-14-,28-18-,37-26-,59-9+,61-36+. The van der Waals surface area contributed by atoms with Crippen LogP contribution in [-0.2, 0) is 11.8 Å². The number of benzene rings is 7. The van der Waals surface area contributed by atoms with Crippen LogP contribution in [0, 0.1) is 5.92 Å². The highest BCUT2D eigenvalue weighted by Crippen LogP contribution is 2.59. The lowest BCUT2D eigenvalue weighted by Crippen LogP contribution is -2.29. The zero-order valence-corrected chi connectivity index (χ0v) is 42.0. The third-order valence-electron chi connectivity index (χ3n) is 13.9. The van der Waals surface area contributed by atoms with E-state index in [9.17, 15) is 0 Å². The molecule has 7 aromatic carbocycles. The molecule has 0 saturated heterocycles. The van der Waals surface area contributed by atoms with E-state index in [1.807, 2.05) is 0 Å². The van der Waals surface area contributed by atoms with Gasteiger partial charge < -0.3 is 9.80 Å². The molecule has 0 bridgehead atoms. The molecule has 2 heteroatoms. The van der Waals surface area contributed by atoms with E-state index in [0.717, 1.165) is 42.9 Å². The zero-order chi connectivity index (χ0) is 49.0. The van der Waals surface area contributed by atoms with Crippen molar-refractivity contribution in [1.82, 2.24) is 0 Å². The molecule has 0 spiro atoms. The van der Waals surface area contributed by atoms with Crippen LogP contribution >= 0.6 is 0 Å². The first-order valence-electron chi connectivity index (χ1n) is 25.5. The summed E-state index contributed by atoms with van der Waals surface area (Å²) in [5.74, 6) is 0.399. The van der Waals surface area contributed by atoms with Crippen molar-refractivity contribution < 1.29 is 0 Å². The second-order valence-electron chi connectivity index (χ2n) is 18.5. The van der Waals surface area contributed by atoms with Crippen molar-refractivity contribution in [2.75, 3.05) is 16.3 Å². The molecule has 1 unspecified atom stereocenters. The normalized spacial score (nSPS) is 15.3. The van der Waals surface area contributed by atoms with E-state index < -0.39 is 5.41 Å². The van der Waals surface area contributed by atoms with Crippen molar-refractivity contribution in [2.45, 2.75) is 59.3 Å². The predicted octanol–water partition coefficient (Wildman–Crippen LogP) is 18.5. The Labute approximate surface area is 424 Å². The van der Waals surface area contributed by atoms with Crippen LogP contribution in [0.1, 0.15) is 75.3 Å². The molecule has 1 aliphatic heterocycles. The molecule has 0 N–H and O–H groups in total. The van der Waals surface area contributed by atoms with Crippen LogP contribution in [0.3, 0.4) is 0 Å². The first kappa shape index (κ1) is 48.1. The topological polar surface area (TPSA) is 6.48 Å². The summed E-state index contributed by atoms with van der Waals surface area (Å²) in [6.45, 7) is 11.6. The Morgan fingerprint density at radius 3 is 1.96 bits per heavy atom. The third-order valence-corrected chi connectivity index (χ3v) is 13.9. The maximum atomic E-state index is 2.48. The van der Waals surface area contributed by atoms with E-state index >= 15 is 0 Å². The summed E-state index contributed by atoms with van der Waals surface area (Å²) in [6, 6.07) is 63.5. The van der Waals surface area contributed by atoms with E-state index in [-0.39, 0.29) is 0 Å². The molecule has 0 saturated carbocycles. The van der Waals surface area contributed by atoms with E-state index in [1.165, 1.54) is 72.6 Å². The fourth-order valence-corrected chi connectivity index (χ4v) is 10.6. The van der Waals surface area contributed by atoms with E-state index in [1.54, 1.807) is 0 Å². The Morgan fingerprint density at radius 1 is 0.592 bits per heavy atom. The zero-order valence-electron chi connectivity index (χ0n) is 42.0. The van der Waals surface area contributed by atoms with Crippen molar-refractivity contribution in [3.05, 3.63) is 294 Å². The average molecular weight is 923 g/mol. The minimum Gasteiger partial charge on any atom is -0.341 e. The quantitative estimate of drug-likeness (QED) is 0.0840. The highest BCUT2D eigenvalue weighted by molar-refractivity contribution is 5.96. The molecule has 1 heterocycles. The first-order chi connectivity index (χ1) is 35.0. The summed E-state index contributed by atoms with van der Waals surface area (Å²) in [7, 11) is 0. The second kappa shape index (κ2) is 22.7. The van der Waals surface area contributed by atoms with Crippen LogP contribution in [0.2, 0.25) is 0 Å². The van der Waals surface area contributed by atoms with Crippen LogP contribution in [-0.4, -0.2) is 6.54 Å². The smallest absolute Gasteiger partial charge is 0.0714 e. The molecule has 0 fully saturated rings. The molecule has 1 aliphatic carbocycles. The highest BCUT2D eigenvalue weighted by atomic mass is 15.2. The van der Waals surface area contributed by atoms with Crippen LogP contribution < -0.4 is 9.80 Å². The molecule has 9 rings (SSSR count). The molecule has 2 nitrogen and oxygen atoms in total. The second-order valence-corrected chi connectivity index (χ2v) is 18.5. The summed E-state index contributed by atoms with van der Waals surface area (Å²) in [4.78, 5) is 4.90. The minimum atomic E-state index is -0.572. The van der Waals surface area contributed by atoms with Gasteiger partial charge in [-0.2, -0.15) is 0 Å². The van der Waals surface area contributed by atoms with Gasteiger partial charge in [0.15, 0.2) is 0 Å². The van der Waals surface area contributed by atoms with Crippen LogP contribution in [0.25, 0.3) is 33.4 Å². The Morgan fingerprint density at radius 2 is 1.27 bits per heavy atom. The average Bonchev–Trinajstić information content (AvgIpc) is 3.93. The SMILES string of the molecule is C/C=C\C=C/C(C)C/C=C\C(=C/C)N(c1ccc(-c2ccc3c(c2)C/C(=C\C=C/C)N3C/C=C\C=C/CC)cc1)c1ccc2c(c1)C(c1ccccc1)(c1ccccc1)c1cccc(-c3ccccc3)c1-2. The number of anilines is 3. The van der Waals surface area contributed by atoms with Crippen molar-refractivity contribution in [1.29, 1.82) is 0 Å². The Kier molecular flexibility index (Phi) is 15.3. The van der Waals surface area contributed by atoms with E-state index in [0.29, 0.717) is 5.92 Å². The molecule has 0 aromatic heterocycles. The lowest BCUT2D eigenvalue weighted by atomic mass is 9.67. The number of hydrogen-bond acceptors (Lipinski definition) is 2. The van der Waals surface area contributed by atoms with Gasteiger partial charge in [-0.05, 0) is 149 Å². The molecular weight excluding hydrogens is 857 g/mol. The summed E-state index contributed by atoms with van der Waals surface area (Å²) in [5, 5.41) is 0. The van der Waals surface area contributed by atoms with Gasteiger partial charge >= 0.3 is 0 Å². The fraction of sp³-hybridized carbons (Fsp3) is 0.159. The monoisotopic (exact) mass is 923 g/mol. The van der Waals surface area contributed by atoms with Gasteiger partial charge in [0.25, 0.3) is 0 Å². The van der Waals surface area contributed by atoms with Gasteiger partial charge in [0.2, 0.25) is 0 Å². The summed E-state index contributed by atoms with van der Waals surface area (Å²) in [6.07, 6.45) is 33.7. The minimum absolute atomic E-state index is 0.399. The van der Waals surface area contributed by atoms with Gasteiger partial charge in [-0.15, -0.1) is 0 Å². The number of allylic oxidation sites excluding steroid dienone is 14. The maximum absolute atomic E-state index is 2.48. The maximum Gasteiger partial charge on any atom is 0.0714 e. The lowest BCUT2D eigenvalue weighted by Gasteiger charge is -2.35. The number of rotatable bonds is 17. The van der Waals surface area contributed by atoms with Crippen molar-refractivity contribution in [2.24, 2.45) is 5.92 Å². The number of hydrogen-bond donors (Lipinski definition) is 0. The molecule has 0 radical (unpaired) electrons. The highest BCUT2D eigenvalue weighted by Gasteiger charge is 2.47. The molecule has 2 aliphatic rings. The summed E-state index contributed by atoms with van der Waals surface area (Å²) >= 11 is 0. The van der Waals surface area contributed by atoms with Crippen LogP contribution in [0.4, 0.5) is 17.1 Å². The van der Waals surface area contributed by atoms with Gasteiger partial charge in [0.05, 0.1) is 5.41 Å². The molecule has 1 atom stereocenters. The number of fused-ring (bicyclic) bond motifs is 4. The third kappa shape index (κ3) is 9.94. The van der Waals surface area contributed by atoms with Gasteiger partial charge in [-0.1, -0.05) is 220 Å². The molecular formula is C69H66N2. The van der Waals surface area contributed by atoms with Crippen molar-refractivity contribution >= 4 is 17.1 Å². The molecule has 352 valence electrons. The van der Waals surface area contributed by atoms with E-state index in [4.69, 9.17) is 0 Å². The molecule has 7 aromatic rings. The Hall–Kier alpha value is -7.94. The van der Waals surface area contributed by atoms with Crippen LogP contribution in [0.15, 0.2) is 266 Å². The van der Waals surface area contributed by atoms with Crippen LogP contribution in [0.5, 0.6) is 0 Å². The van der Waals surface area contributed by atoms with Gasteiger partial charge in [0, 0.05) is 41.4 Å². The predicted molar refractivity (Wildman–Crippen MR) is 306 cm³/mol. The van der Waals surface area contributed by atoms with Gasteiger partial charge in [-0.3, -0.25) is 0 Å².